The van der Waals surface area contributed by atoms with E-state index in [1.807, 2.05) is 0 Å². The lowest BCUT2D eigenvalue weighted by Gasteiger charge is -2.23. The average Bonchev–Trinajstić information content (AvgIpc) is 3.08. The van der Waals surface area contributed by atoms with E-state index in [4.69, 9.17) is 9.52 Å². The molecule has 1 aliphatic heterocycles. The molecule has 0 saturated carbocycles. The third-order valence-corrected chi connectivity index (χ3v) is 3.95. The molecule has 2 amide bonds. The van der Waals surface area contributed by atoms with Gasteiger partial charge in [0.25, 0.3) is 5.91 Å². The molecule has 0 aliphatic carbocycles. The fourth-order valence-electron chi connectivity index (χ4n) is 1.85. The number of hydrogen-bond donors (Lipinski definition) is 1. The Balaban J connectivity index is 1.97. The van der Waals surface area contributed by atoms with Crippen molar-refractivity contribution >= 4 is 29.5 Å². The highest BCUT2D eigenvalue weighted by Gasteiger charge is 2.35. The van der Waals surface area contributed by atoms with Gasteiger partial charge in [0.05, 0.1) is 18.7 Å². The third-order valence-electron chi connectivity index (χ3n) is 2.94. The molecule has 0 bridgehead atoms. The monoisotopic (exact) mass is 298 g/mol. The minimum atomic E-state index is -1.02. The van der Waals surface area contributed by atoms with Crippen LogP contribution in [0.5, 0.6) is 0 Å². The van der Waals surface area contributed by atoms with Crippen molar-refractivity contribution in [3.63, 3.8) is 0 Å². The predicted molar refractivity (Wildman–Crippen MR) is 71.3 cm³/mol. The van der Waals surface area contributed by atoms with Crippen LogP contribution in [0.2, 0.25) is 0 Å². The van der Waals surface area contributed by atoms with Gasteiger partial charge >= 0.3 is 5.97 Å². The molecule has 1 atom stereocenters. The number of amides is 2. The molecule has 8 heteroatoms. The van der Waals surface area contributed by atoms with Gasteiger partial charge in [-0.1, -0.05) is 0 Å². The zero-order chi connectivity index (χ0) is 14.7. The molecule has 1 saturated heterocycles. The van der Waals surface area contributed by atoms with Gasteiger partial charge in [-0.25, -0.2) is 4.79 Å². The second-order valence-corrected chi connectivity index (χ2v) is 5.36. The number of rotatable bonds is 4. The summed E-state index contributed by atoms with van der Waals surface area (Å²) in [5.41, 5.74) is 0. The first-order valence-corrected chi connectivity index (χ1v) is 7.05. The number of likely N-dealkylation sites (N-methyl/N-ethyl adjacent to an activating group) is 1. The second-order valence-electron chi connectivity index (χ2n) is 4.36. The van der Waals surface area contributed by atoms with Crippen LogP contribution in [0.3, 0.4) is 0 Å². The van der Waals surface area contributed by atoms with Gasteiger partial charge in [0.1, 0.15) is 6.04 Å². The standard InChI is InChI=1S/C12H14N2O5S/c1-13(11(16)9-3-2-4-19-9)5-10(15)14-7-20-6-8(14)12(17)18/h2-4,8H,5-7H2,1H3,(H,17,18)/t8-/m0/s1. The Morgan fingerprint density at radius 3 is 2.90 bits per heavy atom. The summed E-state index contributed by atoms with van der Waals surface area (Å²) < 4.78 is 4.97. The maximum atomic E-state index is 12.1. The van der Waals surface area contributed by atoms with Gasteiger partial charge in [0, 0.05) is 12.8 Å². The van der Waals surface area contributed by atoms with E-state index in [-0.39, 0.29) is 18.2 Å². The largest absolute Gasteiger partial charge is 0.480 e. The topological polar surface area (TPSA) is 91.1 Å². The molecule has 1 fully saturated rings. The van der Waals surface area contributed by atoms with Gasteiger partial charge in [0.2, 0.25) is 5.91 Å². The Morgan fingerprint density at radius 1 is 1.55 bits per heavy atom. The molecular weight excluding hydrogens is 284 g/mol. The van der Waals surface area contributed by atoms with Crippen molar-refractivity contribution in [2.24, 2.45) is 0 Å². The minimum absolute atomic E-state index is 0.144. The van der Waals surface area contributed by atoms with Crippen LogP contribution >= 0.6 is 11.8 Å². The molecule has 2 rings (SSSR count). The molecule has 1 aliphatic rings. The van der Waals surface area contributed by atoms with Gasteiger partial charge < -0.3 is 19.3 Å². The summed E-state index contributed by atoms with van der Waals surface area (Å²) in [6.07, 6.45) is 1.38. The highest BCUT2D eigenvalue weighted by molar-refractivity contribution is 7.99. The number of thioether (sulfide) groups is 1. The van der Waals surface area contributed by atoms with E-state index in [1.165, 1.54) is 40.9 Å². The molecule has 7 nitrogen and oxygen atoms in total. The zero-order valence-corrected chi connectivity index (χ0v) is 11.6. The van der Waals surface area contributed by atoms with Gasteiger partial charge in [-0.15, -0.1) is 11.8 Å². The van der Waals surface area contributed by atoms with Crippen LogP contribution in [0, 0.1) is 0 Å². The van der Waals surface area contributed by atoms with E-state index < -0.39 is 17.9 Å². The van der Waals surface area contributed by atoms with Crippen molar-refractivity contribution in [1.29, 1.82) is 0 Å². The van der Waals surface area contributed by atoms with E-state index in [9.17, 15) is 14.4 Å². The number of hydrogen-bond acceptors (Lipinski definition) is 5. The smallest absolute Gasteiger partial charge is 0.327 e. The van der Waals surface area contributed by atoms with Crippen molar-refractivity contribution in [3.05, 3.63) is 24.2 Å². The van der Waals surface area contributed by atoms with Gasteiger partial charge in [-0.3, -0.25) is 9.59 Å². The molecule has 1 aromatic heterocycles. The van der Waals surface area contributed by atoms with Crippen molar-refractivity contribution in [3.8, 4) is 0 Å². The Hall–Kier alpha value is -1.96. The minimum Gasteiger partial charge on any atom is -0.480 e. The number of nitrogens with zero attached hydrogens (tertiary/aromatic N) is 2. The van der Waals surface area contributed by atoms with Crippen molar-refractivity contribution in [1.82, 2.24) is 9.80 Å². The number of furan rings is 1. The molecule has 0 unspecified atom stereocenters. The summed E-state index contributed by atoms with van der Waals surface area (Å²) in [4.78, 5) is 37.5. The van der Waals surface area contributed by atoms with Crippen molar-refractivity contribution < 1.29 is 23.9 Å². The first-order valence-electron chi connectivity index (χ1n) is 5.89. The normalized spacial score (nSPS) is 18.1. The first-order chi connectivity index (χ1) is 9.50. The summed E-state index contributed by atoms with van der Waals surface area (Å²) in [7, 11) is 1.47. The molecule has 0 spiro atoms. The quantitative estimate of drug-likeness (QED) is 0.862. The zero-order valence-electron chi connectivity index (χ0n) is 10.8. The molecule has 2 heterocycles. The van der Waals surface area contributed by atoms with E-state index in [0.29, 0.717) is 11.6 Å². The molecule has 0 aromatic carbocycles. The maximum Gasteiger partial charge on any atom is 0.327 e. The molecule has 1 aromatic rings. The van der Waals surface area contributed by atoms with Crippen molar-refractivity contribution in [2.45, 2.75) is 6.04 Å². The number of carbonyl (C=O) groups excluding carboxylic acids is 2. The van der Waals surface area contributed by atoms with E-state index >= 15 is 0 Å². The highest BCUT2D eigenvalue weighted by atomic mass is 32.2. The van der Waals surface area contributed by atoms with Gasteiger partial charge in [0.15, 0.2) is 5.76 Å². The average molecular weight is 298 g/mol. The Kier molecular flexibility index (Phi) is 4.33. The summed E-state index contributed by atoms with van der Waals surface area (Å²) in [5, 5.41) is 9.02. The Labute approximate surface area is 119 Å². The van der Waals surface area contributed by atoms with Crippen LogP contribution in [0.15, 0.2) is 22.8 Å². The lowest BCUT2D eigenvalue weighted by atomic mass is 10.3. The van der Waals surface area contributed by atoms with Crippen molar-refractivity contribution in [2.75, 3.05) is 25.2 Å². The fourth-order valence-corrected chi connectivity index (χ4v) is 3.02. The predicted octanol–water partition coefficient (Wildman–Crippen LogP) is 0.338. The van der Waals surface area contributed by atoms with Crippen LogP contribution in [0.4, 0.5) is 0 Å². The summed E-state index contributed by atoms with van der Waals surface area (Å²) >= 11 is 1.38. The molecule has 20 heavy (non-hydrogen) atoms. The molecular formula is C12H14N2O5S. The lowest BCUT2D eigenvalue weighted by molar-refractivity contribution is -0.147. The Bertz CT molecular complexity index is 516. The fraction of sp³-hybridized carbons (Fsp3) is 0.417. The van der Waals surface area contributed by atoms with Crippen LogP contribution in [-0.2, 0) is 9.59 Å². The molecule has 0 radical (unpaired) electrons. The van der Waals surface area contributed by atoms with Crippen LogP contribution in [-0.4, -0.2) is 64.0 Å². The molecule has 1 N–H and O–H groups in total. The first kappa shape index (κ1) is 14.4. The number of carboxylic acids is 1. The lowest BCUT2D eigenvalue weighted by Crippen LogP contribution is -2.46. The van der Waals surface area contributed by atoms with E-state index in [1.54, 1.807) is 6.07 Å². The van der Waals surface area contributed by atoms with E-state index in [0.717, 1.165) is 0 Å². The van der Waals surface area contributed by atoms with Gasteiger partial charge in [-0.2, -0.15) is 0 Å². The van der Waals surface area contributed by atoms with E-state index in [2.05, 4.69) is 0 Å². The van der Waals surface area contributed by atoms with Crippen LogP contribution < -0.4 is 0 Å². The van der Waals surface area contributed by atoms with Crippen LogP contribution in [0.1, 0.15) is 10.6 Å². The number of carbonyl (C=O) groups is 3. The Morgan fingerprint density at radius 2 is 2.30 bits per heavy atom. The third kappa shape index (κ3) is 2.96. The summed E-state index contributed by atoms with van der Waals surface area (Å²) in [6.45, 7) is -0.177. The van der Waals surface area contributed by atoms with Crippen LogP contribution in [0.25, 0.3) is 0 Å². The summed E-state index contributed by atoms with van der Waals surface area (Å²) in [5.74, 6) is -0.976. The molecule has 108 valence electrons. The summed E-state index contributed by atoms with van der Waals surface area (Å²) in [6, 6.07) is 2.27. The number of carboxylic acid groups (broad SMARTS) is 1. The van der Waals surface area contributed by atoms with Gasteiger partial charge in [-0.05, 0) is 12.1 Å². The SMILES string of the molecule is CN(CC(=O)N1CSC[C@H]1C(=O)O)C(=O)c1ccco1. The maximum absolute atomic E-state index is 12.1. The second kappa shape index (κ2) is 6.00. The highest BCUT2D eigenvalue weighted by Crippen LogP contribution is 2.21. The number of aliphatic carboxylic acids is 1.